The molecule has 0 spiro atoms. The lowest BCUT2D eigenvalue weighted by molar-refractivity contribution is 0.111. The zero-order valence-electron chi connectivity index (χ0n) is 9.34. The number of hydrogen-bond acceptors (Lipinski definition) is 1. The molecule has 16 heavy (non-hydrogen) atoms. The minimum absolute atomic E-state index is 0.160. The molecule has 0 aromatic heterocycles. The predicted octanol–water partition coefficient (Wildman–Crippen LogP) is 3.50. The van der Waals surface area contributed by atoms with Crippen LogP contribution in [0.3, 0.4) is 0 Å². The molecule has 0 heterocycles. The van der Waals surface area contributed by atoms with Gasteiger partial charge >= 0.3 is 0 Å². The smallest absolute Gasteiger partial charge is 0.134 e. The second-order valence-corrected chi connectivity index (χ2v) is 4.64. The maximum absolute atomic E-state index is 13.7. The van der Waals surface area contributed by atoms with Gasteiger partial charge in [-0.1, -0.05) is 25.3 Å². The molecule has 1 fully saturated rings. The van der Waals surface area contributed by atoms with E-state index in [9.17, 15) is 13.9 Å². The summed E-state index contributed by atoms with van der Waals surface area (Å²) in [4.78, 5) is 0. The van der Waals surface area contributed by atoms with E-state index in [4.69, 9.17) is 0 Å². The van der Waals surface area contributed by atoms with Gasteiger partial charge in [-0.15, -0.1) is 0 Å². The third kappa shape index (κ3) is 2.09. The summed E-state index contributed by atoms with van der Waals surface area (Å²) in [5.74, 6) is -0.823. The summed E-state index contributed by atoms with van der Waals surface area (Å²) in [5.41, 5.74) is 0.218. The number of benzene rings is 1. The fraction of sp³-hybridized carbons (Fsp3) is 0.538. The van der Waals surface area contributed by atoms with E-state index in [1.165, 1.54) is 12.1 Å². The monoisotopic (exact) mass is 226 g/mol. The van der Waals surface area contributed by atoms with Crippen LogP contribution >= 0.6 is 0 Å². The quantitative estimate of drug-likeness (QED) is 0.836. The van der Waals surface area contributed by atoms with Crippen LogP contribution in [0.25, 0.3) is 0 Å². The van der Waals surface area contributed by atoms with Crippen LogP contribution in [0.15, 0.2) is 12.1 Å². The van der Waals surface area contributed by atoms with E-state index in [0.717, 1.165) is 19.3 Å². The summed E-state index contributed by atoms with van der Waals surface area (Å²) in [6.07, 6.45) is 2.75. The largest absolute Gasteiger partial charge is 0.388 e. The molecule has 0 aliphatic heterocycles. The van der Waals surface area contributed by atoms with Crippen molar-refractivity contribution >= 4 is 0 Å². The molecule has 1 aromatic carbocycles. The average molecular weight is 226 g/mol. The molecule has 88 valence electrons. The summed E-state index contributed by atoms with van der Waals surface area (Å²) in [7, 11) is 0. The summed E-state index contributed by atoms with van der Waals surface area (Å²) in [6, 6.07) is 2.61. The molecule has 1 aromatic rings. The molecular formula is C13H16F2O. The van der Waals surface area contributed by atoms with Gasteiger partial charge in [-0.25, -0.2) is 8.78 Å². The lowest BCUT2D eigenvalue weighted by atomic mass is 9.80. The molecule has 1 atom stereocenters. The van der Waals surface area contributed by atoms with Crippen molar-refractivity contribution in [2.24, 2.45) is 5.92 Å². The van der Waals surface area contributed by atoms with Crippen molar-refractivity contribution in [3.63, 3.8) is 0 Å². The van der Waals surface area contributed by atoms with Gasteiger partial charge in [-0.3, -0.25) is 0 Å². The Morgan fingerprint density at radius 1 is 1.38 bits per heavy atom. The van der Waals surface area contributed by atoms with Gasteiger partial charge in [0.25, 0.3) is 0 Å². The Morgan fingerprint density at radius 2 is 2.06 bits per heavy atom. The summed E-state index contributed by atoms with van der Waals surface area (Å²) in [6.45, 7) is 1.58. The van der Waals surface area contributed by atoms with Crippen LogP contribution in [0.2, 0.25) is 0 Å². The van der Waals surface area contributed by atoms with E-state index in [1.54, 1.807) is 6.92 Å². The third-order valence-electron chi connectivity index (χ3n) is 3.43. The molecule has 2 rings (SSSR count). The van der Waals surface area contributed by atoms with Crippen molar-refractivity contribution in [3.8, 4) is 0 Å². The number of halogens is 2. The first kappa shape index (κ1) is 11.5. The lowest BCUT2D eigenvalue weighted by Crippen LogP contribution is -2.16. The van der Waals surface area contributed by atoms with E-state index < -0.39 is 17.7 Å². The zero-order valence-corrected chi connectivity index (χ0v) is 9.34. The Kier molecular flexibility index (Phi) is 3.24. The molecule has 0 bridgehead atoms. The van der Waals surface area contributed by atoms with Crippen molar-refractivity contribution in [2.45, 2.75) is 38.7 Å². The highest BCUT2D eigenvalue weighted by atomic mass is 19.1. The zero-order chi connectivity index (χ0) is 11.7. The van der Waals surface area contributed by atoms with Crippen molar-refractivity contribution in [3.05, 3.63) is 34.9 Å². The van der Waals surface area contributed by atoms with E-state index >= 15 is 0 Å². The fourth-order valence-electron chi connectivity index (χ4n) is 2.15. The first-order chi connectivity index (χ1) is 7.59. The van der Waals surface area contributed by atoms with Crippen LogP contribution in [0, 0.1) is 24.5 Å². The van der Waals surface area contributed by atoms with Crippen LogP contribution in [-0.2, 0) is 0 Å². The fourth-order valence-corrected chi connectivity index (χ4v) is 2.15. The van der Waals surface area contributed by atoms with Gasteiger partial charge in [0.05, 0.1) is 11.7 Å². The Morgan fingerprint density at radius 3 is 2.62 bits per heavy atom. The molecule has 3 heteroatoms. The standard InChI is InChI=1S/C13H16F2O/c1-8-5-6-10(14)12(13(8)15)11(16)7-9-3-2-4-9/h5-6,9,11,16H,2-4,7H2,1H3. The molecule has 1 aliphatic rings. The van der Waals surface area contributed by atoms with Crippen molar-refractivity contribution in [2.75, 3.05) is 0 Å². The Balaban J connectivity index is 2.20. The number of aryl methyl sites for hydroxylation is 1. The molecular weight excluding hydrogens is 210 g/mol. The van der Waals surface area contributed by atoms with Gasteiger partial charge in [0.15, 0.2) is 0 Å². The number of aliphatic hydroxyl groups excluding tert-OH is 1. The van der Waals surface area contributed by atoms with E-state index in [2.05, 4.69) is 0 Å². The Labute approximate surface area is 94.1 Å². The highest BCUT2D eigenvalue weighted by Gasteiger charge is 2.25. The topological polar surface area (TPSA) is 20.2 Å². The maximum atomic E-state index is 13.7. The third-order valence-corrected chi connectivity index (χ3v) is 3.43. The minimum Gasteiger partial charge on any atom is -0.388 e. The molecule has 1 unspecified atom stereocenters. The van der Waals surface area contributed by atoms with Crippen LogP contribution in [0.5, 0.6) is 0 Å². The highest BCUT2D eigenvalue weighted by molar-refractivity contribution is 5.28. The summed E-state index contributed by atoms with van der Waals surface area (Å²) >= 11 is 0. The second-order valence-electron chi connectivity index (χ2n) is 4.64. The van der Waals surface area contributed by atoms with Crippen molar-refractivity contribution < 1.29 is 13.9 Å². The van der Waals surface area contributed by atoms with Gasteiger partial charge in [-0.2, -0.15) is 0 Å². The van der Waals surface area contributed by atoms with Crippen molar-refractivity contribution in [1.29, 1.82) is 0 Å². The molecule has 1 aliphatic carbocycles. The molecule has 1 N–H and O–H groups in total. The van der Waals surface area contributed by atoms with Crippen LogP contribution in [0.1, 0.15) is 42.9 Å². The Hall–Kier alpha value is -0.960. The SMILES string of the molecule is Cc1ccc(F)c(C(O)CC2CCC2)c1F. The summed E-state index contributed by atoms with van der Waals surface area (Å²) < 4.78 is 27.1. The molecule has 0 amide bonds. The highest BCUT2D eigenvalue weighted by Crippen LogP contribution is 2.36. The van der Waals surface area contributed by atoms with Gasteiger partial charge in [-0.05, 0) is 30.9 Å². The first-order valence-electron chi connectivity index (χ1n) is 5.72. The first-order valence-corrected chi connectivity index (χ1v) is 5.72. The number of aliphatic hydroxyl groups is 1. The van der Waals surface area contributed by atoms with Crippen LogP contribution in [-0.4, -0.2) is 5.11 Å². The minimum atomic E-state index is -1.01. The average Bonchev–Trinajstić information content (AvgIpc) is 2.18. The number of hydrogen-bond donors (Lipinski definition) is 1. The van der Waals surface area contributed by atoms with E-state index in [1.807, 2.05) is 0 Å². The maximum Gasteiger partial charge on any atom is 0.134 e. The van der Waals surface area contributed by atoms with E-state index in [0.29, 0.717) is 17.9 Å². The molecule has 0 saturated heterocycles. The van der Waals surface area contributed by atoms with Crippen LogP contribution < -0.4 is 0 Å². The summed E-state index contributed by atoms with van der Waals surface area (Å²) in [5, 5.41) is 9.86. The Bertz CT molecular complexity index is 386. The van der Waals surface area contributed by atoms with Gasteiger partial charge < -0.3 is 5.11 Å². The molecule has 1 saturated carbocycles. The van der Waals surface area contributed by atoms with Gasteiger partial charge in [0, 0.05) is 0 Å². The second kappa shape index (κ2) is 4.50. The van der Waals surface area contributed by atoms with Crippen molar-refractivity contribution in [1.82, 2.24) is 0 Å². The normalized spacial score (nSPS) is 18.2. The molecule has 1 nitrogen and oxygen atoms in total. The van der Waals surface area contributed by atoms with Crippen LogP contribution in [0.4, 0.5) is 8.78 Å². The predicted molar refractivity (Wildman–Crippen MR) is 58.0 cm³/mol. The van der Waals surface area contributed by atoms with Gasteiger partial charge in [0.1, 0.15) is 11.6 Å². The molecule has 0 radical (unpaired) electrons. The van der Waals surface area contributed by atoms with Gasteiger partial charge in [0.2, 0.25) is 0 Å². The van der Waals surface area contributed by atoms with E-state index in [-0.39, 0.29) is 5.56 Å². The number of rotatable bonds is 3. The lowest BCUT2D eigenvalue weighted by Gasteiger charge is -2.28.